The normalized spacial score (nSPS) is 10.2. The Balaban J connectivity index is 2.16. The first-order chi connectivity index (χ1) is 9.08. The van der Waals surface area contributed by atoms with Crippen molar-refractivity contribution in [3.8, 4) is 5.75 Å². The van der Waals surface area contributed by atoms with E-state index in [-0.39, 0.29) is 18.0 Å². The summed E-state index contributed by atoms with van der Waals surface area (Å²) < 4.78 is 19.4. The fourth-order valence-electron chi connectivity index (χ4n) is 1.62. The van der Waals surface area contributed by atoms with Crippen molar-refractivity contribution < 1.29 is 9.13 Å². The Morgan fingerprint density at radius 3 is 2.68 bits per heavy atom. The summed E-state index contributed by atoms with van der Waals surface area (Å²) in [5, 5.41) is 7.83. The Bertz CT molecular complexity index is 616. The molecule has 3 nitrogen and oxygen atoms in total. The average Bonchev–Trinajstić information content (AvgIpc) is 2.37. The fraction of sp³-hybridized carbons (Fsp3) is 0.0714. The first-order valence-corrected chi connectivity index (χ1v) is 5.96. The van der Waals surface area contributed by atoms with E-state index in [0.29, 0.717) is 16.3 Å². The molecule has 0 atom stereocenters. The Morgan fingerprint density at radius 1 is 1.26 bits per heavy atom. The molecule has 0 radical (unpaired) electrons. The van der Waals surface area contributed by atoms with E-state index >= 15 is 0 Å². The van der Waals surface area contributed by atoms with Crippen molar-refractivity contribution in [2.75, 3.05) is 0 Å². The number of amidine groups is 1. The Hall–Kier alpha value is -2.07. The summed E-state index contributed by atoms with van der Waals surface area (Å²) in [7, 11) is 0. The molecule has 0 saturated heterocycles. The molecule has 0 aliphatic rings. The molecule has 19 heavy (non-hydrogen) atoms. The van der Waals surface area contributed by atoms with Gasteiger partial charge in [0.15, 0.2) is 0 Å². The summed E-state index contributed by atoms with van der Waals surface area (Å²) in [6.45, 7) is 0.0489. The van der Waals surface area contributed by atoms with Crippen LogP contribution in [0.4, 0.5) is 4.39 Å². The van der Waals surface area contributed by atoms with Crippen molar-refractivity contribution >= 4 is 17.4 Å². The predicted octanol–water partition coefficient (Wildman–Crippen LogP) is 3.34. The number of halogens is 2. The third kappa shape index (κ3) is 3.23. The van der Waals surface area contributed by atoms with Gasteiger partial charge in [-0.15, -0.1) is 0 Å². The number of nitrogen functional groups attached to an aromatic ring is 1. The predicted molar refractivity (Wildman–Crippen MR) is 73.2 cm³/mol. The molecule has 0 bridgehead atoms. The first-order valence-electron chi connectivity index (χ1n) is 5.58. The molecule has 0 aliphatic carbocycles. The van der Waals surface area contributed by atoms with Gasteiger partial charge in [-0.1, -0.05) is 29.8 Å². The van der Waals surface area contributed by atoms with Crippen LogP contribution in [0.5, 0.6) is 5.75 Å². The second-order valence-corrected chi connectivity index (χ2v) is 4.37. The minimum atomic E-state index is -0.531. The molecule has 0 aromatic heterocycles. The molecular weight excluding hydrogens is 267 g/mol. The Labute approximate surface area is 115 Å². The molecule has 0 unspecified atom stereocenters. The van der Waals surface area contributed by atoms with Gasteiger partial charge in [-0.3, -0.25) is 5.41 Å². The molecule has 0 saturated carbocycles. The molecule has 5 heteroatoms. The summed E-state index contributed by atoms with van der Waals surface area (Å²) >= 11 is 5.83. The lowest BCUT2D eigenvalue weighted by atomic mass is 10.1. The maximum absolute atomic E-state index is 14.0. The molecule has 3 N–H and O–H groups in total. The Morgan fingerprint density at radius 2 is 2.00 bits per heavy atom. The highest BCUT2D eigenvalue weighted by molar-refractivity contribution is 6.30. The highest BCUT2D eigenvalue weighted by Crippen LogP contribution is 2.20. The molecule has 2 rings (SSSR count). The van der Waals surface area contributed by atoms with Gasteiger partial charge in [0.05, 0.1) is 5.56 Å². The fourth-order valence-corrected chi connectivity index (χ4v) is 1.80. The van der Waals surface area contributed by atoms with E-state index in [0.717, 1.165) is 0 Å². The number of rotatable bonds is 4. The van der Waals surface area contributed by atoms with Crippen molar-refractivity contribution in [3.63, 3.8) is 0 Å². The molecule has 0 heterocycles. The molecule has 0 fully saturated rings. The molecule has 2 aromatic carbocycles. The van der Waals surface area contributed by atoms with Crippen LogP contribution in [-0.2, 0) is 6.61 Å². The second-order valence-electron chi connectivity index (χ2n) is 3.94. The third-order valence-corrected chi connectivity index (χ3v) is 2.79. The first kappa shape index (κ1) is 13.4. The minimum absolute atomic E-state index is 0.0489. The van der Waals surface area contributed by atoms with Crippen LogP contribution >= 0.6 is 11.6 Å². The zero-order valence-electron chi connectivity index (χ0n) is 9.99. The highest BCUT2D eigenvalue weighted by Gasteiger charge is 2.10. The van der Waals surface area contributed by atoms with Gasteiger partial charge < -0.3 is 10.5 Å². The topological polar surface area (TPSA) is 59.1 Å². The summed E-state index contributed by atoms with van der Waals surface area (Å²) in [5.41, 5.74) is 5.71. The van der Waals surface area contributed by atoms with Crippen LogP contribution in [-0.4, -0.2) is 5.84 Å². The van der Waals surface area contributed by atoms with Crippen molar-refractivity contribution in [3.05, 3.63) is 64.4 Å². The Kier molecular flexibility index (Phi) is 4.02. The van der Waals surface area contributed by atoms with Gasteiger partial charge in [-0.05, 0) is 24.3 Å². The van der Waals surface area contributed by atoms with Gasteiger partial charge in [0.25, 0.3) is 0 Å². The van der Waals surface area contributed by atoms with Gasteiger partial charge in [0, 0.05) is 10.6 Å². The van der Waals surface area contributed by atoms with E-state index in [2.05, 4.69) is 0 Å². The van der Waals surface area contributed by atoms with Crippen LogP contribution in [0.1, 0.15) is 11.1 Å². The maximum Gasteiger partial charge on any atom is 0.140 e. The average molecular weight is 279 g/mol. The summed E-state index contributed by atoms with van der Waals surface area (Å²) in [6.07, 6.45) is 0. The smallest absolute Gasteiger partial charge is 0.140 e. The number of benzene rings is 2. The van der Waals surface area contributed by atoms with E-state index in [1.165, 1.54) is 6.07 Å². The summed E-state index contributed by atoms with van der Waals surface area (Å²) in [4.78, 5) is 0. The lowest BCUT2D eigenvalue weighted by Crippen LogP contribution is -2.14. The van der Waals surface area contributed by atoms with Gasteiger partial charge in [0.2, 0.25) is 0 Å². The molecule has 2 aromatic rings. The van der Waals surface area contributed by atoms with E-state index in [1.807, 2.05) is 0 Å². The van der Waals surface area contributed by atoms with Gasteiger partial charge in [0.1, 0.15) is 24.0 Å². The molecule has 98 valence electrons. The number of nitrogens with two attached hydrogens (primary N) is 1. The lowest BCUT2D eigenvalue weighted by molar-refractivity contribution is 0.300. The van der Waals surface area contributed by atoms with Crippen LogP contribution in [0.2, 0.25) is 5.02 Å². The highest BCUT2D eigenvalue weighted by atomic mass is 35.5. The van der Waals surface area contributed by atoms with Crippen molar-refractivity contribution in [1.82, 2.24) is 0 Å². The summed E-state index contributed by atoms with van der Waals surface area (Å²) in [6, 6.07) is 11.5. The zero-order chi connectivity index (χ0) is 13.8. The van der Waals surface area contributed by atoms with Crippen LogP contribution in [0.15, 0.2) is 42.5 Å². The quantitative estimate of drug-likeness (QED) is 0.666. The molecule has 0 amide bonds. The number of hydrogen-bond donors (Lipinski definition) is 2. The van der Waals surface area contributed by atoms with Crippen LogP contribution in [0.25, 0.3) is 0 Å². The van der Waals surface area contributed by atoms with Crippen LogP contribution in [0, 0.1) is 11.2 Å². The van der Waals surface area contributed by atoms with E-state index in [1.54, 1.807) is 36.4 Å². The van der Waals surface area contributed by atoms with Crippen molar-refractivity contribution in [2.45, 2.75) is 6.61 Å². The van der Waals surface area contributed by atoms with E-state index < -0.39 is 5.82 Å². The van der Waals surface area contributed by atoms with Crippen molar-refractivity contribution in [2.24, 2.45) is 5.73 Å². The van der Waals surface area contributed by atoms with E-state index in [4.69, 9.17) is 27.5 Å². The van der Waals surface area contributed by atoms with Crippen LogP contribution in [0.3, 0.4) is 0 Å². The monoisotopic (exact) mass is 278 g/mol. The SMILES string of the molecule is N=C(N)c1cccc(COc2cccc(Cl)c2)c1F. The standard InChI is InChI=1S/C14H12ClFN2O/c15-10-4-2-5-11(7-10)19-8-9-3-1-6-12(13(9)16)14(17)18/h1-7H,8H2,(H3,17,18). The number of hydrogen-bond acceptors (Lipinski definition) is 2. The maximum atomic E-state index is 14.0. The van der Waals surface area contributed by atoms with Crippen molar-refractivity contribution in [1.29, 1.82) is 5.41 Å². The van der Waals surface area contributed by atoms with Gasteiger partial charge >= 0.3 is 0 Å². The largest absolute Gasteiger partial charge is 0.489 e. The van der Waals surface area contributed by atoms with Gasteiger partial charge in [-0.25, -0.2) is 4.39 Å². The van der Waals surface area contributed by atoms with Crippen LogP contribution < -0.4 is 10.5 Å². The van der Waals surface area contributed by atoms with E-state index in [9.17, 15) is 4.39 Å². The molecule has 0 aliphatic heterocycles. The lowest BCUT2D eigenvalue weighted by Gasteiger charge is -2.09. The minimum Gasteiger partial charge on any atom is -0.489 e. The summed E-state index contributed by atoms with van der Waals surface area (Å²) in [5.74, 6) is -0.278. The number of ether oxygens (including phenoxy) is 1. The zero-order valence-corrected chi connectivity index (χ0v) is 10.7. The van der Waals surface area contributed by atoms with Gasteiger partial charge in [-0.2, -0.15) is 0 Å². The third-order valence-electron chi connectivity index (χ3n) is 2.56. The molecule has 0 spiro atoms. The molecular formula is C14H12ClFN2O. The number of nitrogens with one attached hydrogen (secondary N) is 1. The second kappa shape index (κ2) is 5.71.